The van der Waals surface area contributed by atoms with Crippen molar-refractivity contribution < 1.29 is 19.7 Å². The molecule has 0 aromatic rings. The summed E-state index contributed by atoms with van der Waals surface area (Å²) in [5.41, 5.74) is 0.864. The summed E-state index contributed by atoms with van der Waals surface area (Å²) in [5.74, 6) is 0.775. The van der Waals surface area contributed by atoms with Crippen LogP contribution in [0.15, 0.2) is 11.6 Å². The Labute approximate surface area is 110 Å². The van der Waals surface area contributed by atoms with E-state index in [4.69, 9.17) is 14.6 Å². The molecule has 0 spiro atoms. The summed E-state index contributed by atoms with van der Waals surface area (Å²) in [7, 11) is 3.25. The van der Waals surface area contributed by atoms with E-state index in [0.717, 1.165) is 12.0 Å². The van der Waals surface area contributed by atoms with Crippen LogP contribution in [0.3, 0.4) is 0 Å². The van der Waals surface area contributed by atoms with Crippen LogP contribution < -0.4 is 0 Å². The lowest BCUT2D eigenvalue weighted by molar-refractivity contribution is -0.109. The Morgan fingerprint density at radius 1 is 1.22 bits per heavy atom. The molecule has 0 unspecified atom stereocenters. The van der Waals surface area contributed by atoms with Crippen molar-refractivity contribution in [3.63, 3.8) is 0 Å². The second-order valence-electron chi connectivity index (χ2n) is 5.35. The van der Waals surface area contributed by atoms with Crippen LogP contribution in [-0.2, 0) is 9.47 Å². The third-order valence-corrected chi connectivity index (χ3v) is 3.55. The van der Waals surface area contributed by atoms with Crippen LogP contribution >= 0.6 is 0 Å². The van der Waals surface area contributed by atoms with E-state index in [1.165, 1.54) is 0 Å². The predicted octanol–water partition coefficient (Wildman–Crippen LogP) is 1.36. The van der Waals surface area contributed by atoms with Crippen molar-refractivity contribution >= 4 is 0 Å². The molecule has 18 heavy (non-hydrogen) atoms. The van der Waals surface area contributed by atoms with Gasteiger partial charge in [-0.05, 0) is 24.3 Å². The first-order chi connectivity index (χ1) is 8.54. The second kappa shape index (κ2) is 7.24. The maximum Gasteiger partial charge on any atom is 0.113 e. The van der Waals surface area contributed by atoms with Crippen molar-refractivity contribution in [1.29, 1.82) is 0 Å². The number of aliphatic hydroxyl groups excluding tert-OH is 2. The summed E-state index contributed by atoms with van der Waals surface area (Å²) < 4.78 is 10.9. The summed E-state index contributed by atoms with van der Waals surface area (Å²) in [6.07, 6.45) is 2.37. The highest BCUT2D eigenvalue weighted by atomic mass is 16.5. The molecule has 0 bridgehead atoms. The van der Waals surface area contributed by atoms with Crippen LogP contribution in [0, 0.1) is 11.8 Å². The van der Waals surface area contributed by atoms with Crippen molar-refractivity contribution in [1.82, 2.24) is 0 Å². The number of rotatable bonds is 6. The van der Waals surface area contributed by atoms with Crippen molar-refractivity contribution in [3.05, 3.63) is 11.6 Å². The van der Waals surface area contributed by atoms with Gasteiger partial charge in [0.2, 0.25) is 0 Å². The number of hydrogen-bond acceptors (Lipinski definition) is 4. The molecule has 0 heterocycles. The lowest BCUT2D eigenvalue weighted by Crippen LogP contribution is -2.48. The summed E-state index contributed by atoms with van der Waals surface area (Å²) in [6.45, 7) is 4.38. The normalized spacial score (nSPS) is 32.7. The molecule has 1 aliphatic rings. The van der Waals surface area contributed by atoms with Gasteiger partial charge in [0, 0.05) is 26.7 Å². The molecule has 0 aliphatic heterocycles. The summed E-state index contributed by atoms with van der Waals surface area (Å²) in [5, 5.41) is 19.3. The van der Waals surface area contributed by atoms with Crippen LogP contribution in [0.1, 0.15) is 26.7 Å². The van der Waals surface area contributed by atoms with Gasteiger partial charge in [-0.3, -0.25) is 0 Å². The number of ether oxygens (including phenoxy) is 2. The van der Waals surface area contributed by atoms with Crippen LogP contribution in [0.5, 0.6) is 0 Å². The smallest absolute Gasteiger partial charge is 0.113 e. The molecular weight excluding hydrogens is 232 g/mol. The minimum Gasteiger partial charge on any atom is -0.396 e. The SMILES string of the molecule is CO[C@@H]1[C@@H](OC)[C@H](O)C(CCO)=C[C@@H]1CC(C)C. The minimum absolute atomic E-state index is 0.0470. The molecule has 1 rings (SSSR count). The zero-order valence-electron chi connectivity index (χ0n) is 11.8. The Balaban J connectivity index is 2.95. The Morgan fingerprint density at radius 3 is 2.28 bits per heavy atom. The molecule has 0 saturated heterocycles. The fourth-order valence-electron chi connectivity index (χ4n) is 2.78. The molecule has 0 fully saturated rings. The standard InChI is InChI=1S/C14H26O4/c1-9(2)7-11-8-10(5-6-15)12(16)14(18-4)13(11)17-3/h8-9,11-16H,5-7H2,1-4H3/t11-,12+,13-,14-/m0/s1. The van der Waals surface area contributed by atoms with Gasteiger partial charge in [-0.1, -0.05) is 19.9 Å². The van der Waals surface area contributed by atoms with E-state index < -0.39 is 6.10 Å². The summed E-state index contributed by atoms with van der Waals surface area (Å²) in [4.78, 5) is 0. The first kappa shape index (κ1) is 15.6. The Bertz CT molecular complexity index is 275. The third-order valence-electron chi connectivity index (χ3n) is 3.55. The summed E-state index contributed by atoms with van der Waals surface area (Å²) in [6, 6.07) is 0. The van der Waals surface area contributed by atoms with E-state index in [2.05, 4.69) is 19.9 Å². The van der Waals surface area contributed by atoms with Gasteiger partial charge in [-0.25, -0.2) is 0 Å². The Kier molecular flexibility index (Phi) is 6.29. The lowest BCUT2D eigenvalue weighted by atomic mass is 9.79. The molecule has 0 aromatic carbocycles. The van der Waals surface area contributed by atoms with Gasteiger partial charge in [-0.15, -0.1) is 0 Å². The van der Waals surface area contributed by atoms with E-state index in [1.54, 1.807) is 14.2 Å². The zero-order chi connectivity index (χ0) is 13.7. The molecule has 0 amide bonds. The maximum absolute atomic E-state index is 10.2. The fourth-order valence-corrected chi connectivity index (χ4v) is 2.78. The van der Waals surface area contributed by atoms with E-state index in [-0.39, 0.29) is 24.7 Å². The van der Waals surface area contributed by atoms with Crippen LogP contribution in [0.4, 0.5) is 0 Å². The highest BCUT2D eigenvalue weighted by Crippen LogP contribution is 2.33. The number of methoxy groups -OCH3 is 2. The lowest BCUT2D eigenvalue weighted by Gasteiger charge is -2.39. The molecule has 4 nitrogen and oxygen atoms in total. The van der Waals surface area contributed by atoms with Gasteiger partial charge in [-0.2, -0.15) is 0 Å². The van der Waals surface area contributed by atoms with Gasteiger partial charge in [0.25, 0.3) is 0 Å². The number of hydrogen-bond donors (Lipinski definition) is 2. The molecule has 106 valence electrons. The zero-order valence-corrected chi connectivity index (χ0v) is 11.8. The second-order valence-corrected chi connectivity index (χ2v) is 5.35. The Hall–Kier alpha value is -0.420. The van der Waals surface area contributed by atoms with Crippen LogP contribution in [-0.4, -0.2) is 49.4 Å². The summed E-state index contributed by atoms with van der Waals surface area (Å²) >= 11 is 0. The van der Waals surface area contributed by atoms with Crippen molar-refractivity contribution in [2.24, 2.45) is 11.8 Å². The van der Waals surface area contributed by atoms with Crippen LogP contribution in [0.2, 0.25) is 0 Å². The average Bonchev–Trinajstić information content (AvgIpc) is 2.32. The van der Waals surface area contributed by atoms with Gasteiger partial charge in [0.1, 0.15) is 12.2 Å². The van der Waals surface area contributed by atoms with E-state index in [1.807, 2.05) is 0 Å². The largest absolute Gasteiger partial charge is 0.396 e. The molecule has 0 aromatic heterocycles. The molecular formula is C14H26O4. The number of aliphatic hydroxyl groups is 2. The molecule has 0 radical (unpaired) electrons. The fraction of sp³-hybridized carbons (Fsp3) is 0.857. The van der Waals surface area contributed by atoms with Crippen LogP contribution in [0.25, 0.3) is 0 Å². The molecule has 2 N–H and O–H groups in total. The Morgan fingerprint density at radius 2 is 1.83 bits per heavy atom. The van der Waals surface area contributed by atoms with Gasteiger partial charge >= 0.3 is 0 Å². The monoisotopic (exact) mass is 258 g/mol. The molecule has 0 saturated carbocycles. The first-order valence-electron chi connectivity index (χ1n) is 6.60. The topological polar surface area (TPSA) is 58.9 Å². The van der Waals surface area contributed by atoms with E-state index in [9.17, 15) is 5.11 Å². The predicted molar refractivity (Wildman–Crippen MR) is 70.3 cm³/mol. The molecule has 4 atom stereocenters. The van der Waals surface area contributed by atoms with Crippen molar-refractivity contribution in [3.8, 4) is 0 Å². The van der Waals surface area contributed by atoms with Gasteiger partial charge in [0.15, 0.2) is 0 Å². The molecule has 1 aliphatic carbocycles. The van der Waals surface area contributed by atoms with Crippen molar-refractivity contribution in [2.45, 2.75) is 45.0 Å². The highest BCUT2D eigenvalue weighted by molar-refractivity contribution is 5.19. The molecule has 4 heteroatoms. The quantitative estimate of drug-likeness (QED) is 0.706. The van der Waals surface area contributed by atoms with Crippen molar-refractivity contribution in [2.75, 3.05) is 20.8 Å². The van der Waals surface area contributed by atoms with Gasteiger partial charge < -0.3 is 19.7 Å². The average molecular weight is 258 g/mol. The maximum atomic E-state index is 10.2. The minimum atomic E-state index is -0.685. The van der Waals surface area contributed by atoms with E-state index >= 15 is 0 Å². The first-order valence-corrected chi connectivity index (χ1v) is 6.60. The van der Waals surface area contributed by atoms with Gasteiger partial charge in [0.05, 0.1) is 6.10 Å². The highest BCUT2D eigenvalue weighted by Gasteiger charge is 2.39. The third kappa shape index (κ3) is 3.54. The van der Waals surface area contributed by atoms with E-state index in [0.29, 0.717) is 12.3 Å².